The Morgan fingerprint density at radius 2 is 1.55 bits per heavy atom. The van der Waals surface area contributed by atoms with E-state index in [1.54, 1.807) is 37.3 Å². The summed E-state index contributed by atoms with van der Waals surface area (Å²) >= 11 is 0. The number of phenols is 1. The van der Waals surface area contributed by atoms with Crippen LogP contribution in [0.2, 0.25) is 0 Å². The van der Waals surface area contributed by atoms with E-state index in [4.69, 9.17) is 23.7 Å². The molecule has 0 saturated carbocycles. The lowest BCUT2D eigenvalue weighted by Crippen LogP contribution is -2.16. The molecule has 0 bridgehead atoms. The first-order valence-electron chi connectivity index (χ1n) is 10.4. The van der Waals surface area contributed by atoms with Crippen molar-refractivity contribution in [2.24, 2.45) is 0 Å². The Morgan fingerprint density at radius 3 is 2.12 bits per heavy atom. The van der Waals surface area contributed by atoms with Crippen LogP contribution in [0.3, 0.4) is 0 Å². The molecule has 0 radical (unpaired) electrons. The zero-order valence-electron chi connectivity index (χ0n) is 18.8. The lowest BCUT2D eigenvalue weighted by molar-refractivity contribution is 0.0597. The van der Waals surface area contributed by atoms with Gasteiger partial charge in [0.1, 0.15) is 19.0 Å². The Labute approximate surface area is 190 Å². The number of rotatable bonds is 6. The molecule has 8 nitrogen and oxygen atoms in total. The van der Waals surface area contributed by atoms with E-state index >= 15 is 0 Å². The highest BCUT2D eigenvalue weighted by Gasteiger charge is 2.30. The maximum absolute atomic E-state index is 13.0. The number of ether oxygens (including phenoxy) is 5. The van der Waals surface area contributed by atoms with Crippen molar-refractivity contribution < 1.29 is 38.4 Å². The van der Waals surface area contributed by atoms with Crippen molar-refractivity contribution in [3.05, 3.63) is 41.5 Å². The maximum Gasteiger partial charge on any atom is 0.339 e. The van der Waals surface area contributed by atoms with Gasteiger partial charge in [-0.05, 0) is 35.2 Å². The third-order valence-electron chi connectivity index (χ3n) is 5.61. The first-order chi connectivity index (χ1) is 15.9. The van der Waals surface area contributed by atoms with Gasteiger partial charge in [0.2, 0.25) is 0 Å². The van der Waals surface area contributed by atoms with Crippen LogP contribution in [-0.2, 0) is 4.74 Å². The molecule has 1 aliphatic heterocycles. The number of fused-ring (bicyclic) bond motifs is 2. The van der Waals surface area contributed by atoms with E-state index in [1.165, 1.54) is 21.3 Å². The summed E-state index contributed by atoms with van der Waals surface area (Å²) in [5, 5.41) is 12.0. The van der Waals surface area contributed by atoms with E-state index in [9.17, 15) is 14.7 Å². The van der Waals surface area contributed by atoms with Gasteiger partial charge in [0, 0.05) is 17.4 Å². The molecule has 0 amide bonds. The molecule has 0 unspecified atom stereocenters. The lowest BCUT2D eigenvalue weighted by Gasteiger charge is -2.23. The minimum Gasteiger partial charge on any atom is -0.507 e. The van der Waals surface area contributed by atoms with E-state index in [0.717, 1.165) is 0 Å². The fourth-order valence-electron chi connectivity index (χ4n) is 4.05. The molecule has 8 heteroatoms. The molecule has 0 atom stereocenters. The van der Waals surface area contributed by atoms with Gasteiger partial charge >= 0.3 is 5.97 Å². The first-order valence-corrected chi connectivity index (χ1v) is 10.4. The van der Waals surface area contributed by atoms with Crippen LogP contribution in [0, 0.1) is 0 Å². The summed E-state index contributed by atoms with van der Waals surface area (Å²) in [5.41, 5.74) is 0.848. The van der Waals surface area contributed by atoms with Crippen molar-refractivity contribution in [3.8, 4) is 39.9 Å². The van der Waals surface area contributed by atoms with Gasteiger partial charge in [-0.15, -0.1) is 0 Å². The molecule has 1 aliphatic rings. The largest absolute Gasteiger partial charge is 0.507 e. The standard InChI is InChI=1S/C25H24O8/c1-5-16(26)22-23(25(28)31-4)21(13-6-7-17(29-2)18(10-13)30-3)14-11-19-20(33-9-8-32-19)12-15(14)24(22)27/h6-7,10-12,27H,5,8-9H2,1-4H3. The second-order valence-corrected chi connectivity index (χ2v) is 7.35. The minimum absolute atomic E-state index is 0.0294. The number of methoxy groups -OCH3 is 3. The minimum atomic E-state index is -0.747. The maximum atomic E-state index is 13.0. The van der Waals surface area contributed by atoms with Crippen LogP contribution in [-0.4, -0.2) is 51.4 Å². The third-order valence-corrected chi connectivity index (χ3v) is 5.61. The zero-order valence-corrected chi connectivity index (χ0v) is 18.8. The molecular formula is C25H24O8. The molecule has 1 N–H and O–H groups in total. The summed E-state index contributed by atoms with van der Waals surface area (Å²) in [4.78, 5) is 26.0. The van der Waals surface area contributed by atoms with Crippen molar-refractivity contribution in [2.75, 3.05) is 34.5 Å². The average Bonchev–Trinajstić information content (AvgIpc) is 2.86. The number of carbonyl (C=O) groups is 2. The van der Waals surface area contributed by atoms with Gasteiger partial charge in [0.25, 0.3) is 0 Å². The Balaban J connectivity index is 2.19. The molecule has 3 aromatic rings. The van der Waals surface area contributed by atoms with Crippen LogP contribution in [0.15, 0.2) is 30.3 Å². The van der Waals surface area contributed by atoms with Crippen molar-refractivity contribution >= 4 is 22.5 Å². The topological polar surface area (TPSA) is 101 Å². The number of phenolic OH excluding ortho intramolecular Hbond substituents is 1. The van der Waals surface area contributed by atoms with Gasteiger partial charge in [-0.3, -0.25) is 4.79 Å². The number of hydrogen-bond acceptors (Lipinski definition) is 8. The van der Waals surface area contributed by atoms with E-state index in [-0.39, 0.29) is 23.3 Å². The second-order valence-electron chi connectivity index (χ2n) is 7.35. The number of benzene rings is 3. The zero-order chi connectivity index (χ0) is 23.7. The van der Waals surface area contributed by atoms with Crippen molar-refractivity contribution in [1.82, 2.24) is 0 Å². The van der Waals surface area contributed by atoms with Gasteiger partial charge in [-0.1, -0.05) is 13.0 Å². The summed E-state index contributed by atoms with van der Waals surface area (Å²) in [6, 6.07) is 8.47. The van der Waals surface area contributed by atoms with Gasteiger partial charge in [0.05, 0.1) is 32.5 Å². The molecule has 0 aliphatic carbocycles. The molecular weight excluding hydrogens is 428 g/mol. The summed E-state index contributed by atoms with van der Waals surface area (Å²) in [5.74, 6) is 0.410. The number of carbonyl (C=O) groups excluding carboxylic acids is 2. The Morgan fingerprint density at radius 1 is 0.909 bits per heavy atom. The van der Waals surface area contributed by atoms with Crippen LogP contribution in [0.25, 0.3) is 21.9 Å². The highest BCUT2D eigenvalue weighted by molar-refractivity contribution is 6.20. The highest BCUT2D eigenvalue weighted by atomic mass is 16.6. The van der Waals surface area contributed by atoms with Crippen LogP contribution in [0.1, 0.15) is 34.1 Å². The highest BCUT2D eigenvalue weighted by Crippen LogP contribution is 2.47. The quantitative estimate of drug-likeness (QED) is 0.434. The van der Waals surface area contributed by atoms with Gasteiger partial charge < -0.3 is 28.8 Å². The normalized spacial score (nSPS) is 12.4. The Kier molecular flexibility index (Phi) is 6.00. The molecule has 4 rings (SSSR count). The molecule has 0 aromatic heterocycles. The lowest BCUT2D eigenvalue weighted by atomic mass is 9.86. The molecule has 0 spiro atoms. The number of aromatic hydroxyl groups is 1. The number of Topliss-reactive ketones (excluding diaryl/α,β-unsaturated/α-hetero) is 1. The molecule has 0 fully saturated rings. The molecule has 33 heavy (non-hydrogen) atoms. The molecule has 3 aromatic carbocycles. The monoisotopic (exact) mass is 452 g/mol. The predicted molar refractivity (Wildman–Crippen MR) is 121 cm³/mol. The van der Waals surface area contributed by atoms with Gasteiger partial charge in [0.15, 0.2) is 28.8 Å². The Bertz CT molecular complexity index is 1260. The van der Waals surface area contributed by atoms with Crippen molar-refractivity contribution in [1.29, 1.82) is 0 Å². The third kappa shape index (κ3) is 3.67. The average molecular weight is 452 g/mol. The summed E-state index contributed by atoms with van der Waals surface area (Å²) in [6.45, 7) is 2.39. The summed E-state index contributed by atoms with van der Waals surface area (Å²) < 4.78 is 27.2. The van der Waals surface area contributed by atoms with Crippen molar-refractivity contribution in [3.63, 3.8) is 0 Å². The van der Waals surface area contributed by atoms with Crippen LogP contribution < -0.4 is 18.9 Å². The molecule has 0 saturated heterocycles. The van der Waals surface area contributed by atoms with Gasteiger partial charge in [-0.2, -0.15) is 0 Å². The fraction of sp³-hybridized carbons (Fsp3) is 0.280. The van der Waals surface area contributed by atoms with E-state index in [2.05, 4.69) is 0 Å². The van der Waals surface area contributed by atoms with E-state index < -0.39 is 11.8 Å². The smallest absolute Gasteiger partial charge is 0.339 e. The first kappa shape index (κ1) is 22.3. The van der Waals surface area contributed by atoms with Gasteiger partial charge in [-0.25, -0.2) is 4.79 Å². The molecule has 1 heterocycles. The number of ketones is 1. The fourth-order valence-corrected chi connectivity index (χ4v) is 4.05. The number of esters is 1. The van der Waals surface area contributed by atoms with E-state index in [0.29, 0.717) is 58.1 Å². The van der Waals surface area contributed by atoms with Crippen LogP contribution >= 0.6 is 0 Å². The van der Waals surface area contributed by atoms with E-state index in [1.807, 2.05) is 0 Å². The SMILES string of the molecule is CCC(=O)c1c(C(=O)OC)c(-c2ccc(OC)c(OC)c2)c2cc3c(cc2c1O)OCCO3. The number of hydrogen-bond donors (Lipinski definition) is 1. The van der Waals surface area contributed by atoms with Crippen LogP contribution in [0.4, 0.5) is 0 Å². The van der Waals surface area contributed by atoms with Crippen LogP contribution in [0.5, 0.6) is 28.7 Å². The summed E-state index contributed by atoms with van der Waals surface area (Å²) in [7, 11) is 4.26. The van der Waals surface area contributed by atoms with Crippen molar-refractivity contribution in [2.45, 2.75) is 13.3 Å². The molecule has 172 valence electrons. The Hall–Kier alpha value is -3.94. The summed E-state index contributed by atoms with van der Waals surface area (Å²) in [6.07, 6.45) is 0.0823. The second kappa shape index (κ2) is 8.90. The predicted octanol–water partition coefficient (Wildman–Crippen LogP) is 4.38.